The fraction of sp³-hybridized carbons (Fsp3) is 0.222. The van der Waals surface area contributed by atoms with E-state index in [2.05, 4.69) is 5.32 Å². The molecule has 2 amide bonds. The van der Waals surface area contributed by atoms with Crippen LogP contribution in [0.1, 0.15) is 28.8 Å². The predicted molar refractivity (Wildman–Crippen MR) is 87.1 cm³/mol. The van der Waals surface area contributed by atoms with Crippen LogP contribution in [0.3, 0.4) is 0 Å². The van der Waals surface area contributed by atoms with E-state index in [4.69, 9.17) is 0 Å². The number of carbonyl (C=O) groups is 2. The molecule has 23 heavy (non-hydrogen) atoms. The van der Waals surface area contributed by atoms with Crippen molar-refractivity contribution in [1.82, 2.24) is 0 Å². The van der Waals surface area contributed by atoms with E-state index in [1.165, 1.54) is 18.2 Å². The highest BCUT2D eigenvalue weighted by atomic mass is 19.1. The lowest BCUT2D eigenvalue weighted by Gasteiger charge is -2.19. The van der Waals surface area contributed by atoms with Gasteiger partial charge in [-0.1, -0.05) is 12.1 Å². The summed E-state index contributed by atoms with van der Waals surface area (Å²) in [5, 5.41) is 2.69. The summed E-state index contributed by atoms with van der Waals surface area (Å²) < 4.78 is 13.6. The van der Waals surface area contributed by atoms with Crippen molar-refractivity contribution in [1.29, 1.82) is 0 Å². The van der Waals surface area contributed by atoms with Crippen LogP contribution in [-0.2, 0) is 4.79 Å². The zero-order valence-electron chi connectivity index (χ0n) is 12.8. The highest BCUT2D eigenvalue weighted by Gasteiger charge is 2.23. The van der Waals surface area contributed by atoms with Gasteiger partial charge in [0.25, 0.3) is 5.91 Å². The summed E-state index contributed by atoms with van der Waals surface area (Å²) in [5.41, 5.74) is 2.33. The van der Waals surface area contributed by atoms with Crippen LogP contribution in [0.5, 0.6) is 0 Å². The van der Waals surface area contributed by atoms with Crippen molar-refractivity contribution < 1.29 is 14.0 Å². The number of halogens is 1. The SMILES string of the molecule is Cc1cc(NC(=O)c2ccccc2F)ccc1N1CCCC1=O. The lowest BCUT2D eigenvalue weighted by atomic mass is 10.1. The molecule has 5 heteroatoms. The number of aryl methyl sites for hydroxylation is 1. The number of nitrogens with one attached hydrogen (secondary N) is 1. The Labute approximate surface area is 133 Å². The molecule has 4 nitrogen and oxygen atoms in total. The number of rotatable bonds is 3. The van der Waals surface area contributed by atoms with Gasteiger partial charge in [0.1, 0.15) is 5.82 Å². The Morgan fingerprint density at radius 2 is 2.00 bits per heavy atom. The number of hydrogen-bond acceptors (Lipinski definition) is 2. The quantitative estimate of drug-likeness (QED) is 0.943. The third-order valence-corrected chi connectivity index (χ3v) is 3.94. The first-order valence-corrected chi connectivity index (χ1v) is 7.53. The maximum absolute atomic E-state index is 13.6. The molecular formula is C18H17FN2O2. The van der Waals surface area contributed by atoms with Gasteiger partial charge in [-0.25, -0.2) is 4.39 Å². The number of carbonyl (C=O) groups excluding carboxylic acids is 2. The van der Waals surface area contributed by atoms with Crippen molar-refractivity contribution in [3.8, 4) is 0 Å². The third kappa shape index (κ3) is 3.08. The molecule has 0 unspecified atom stereocenters. The Bertz CT molecular complexity index is 773. The molecule has 1 saturated heterocycles. The molecule has 3 rings (SSSR count). The van der Waals surface area contributed by atoms with Crippen LogP contribution in [0.2, 0.25) is 0 Å². The van der Waals surface area contributed by atoms with Crippen molar-refractivity contribution in [3.63, 3.8) is 0 Å². The summed E-state index contributed by atoms with van der Waals surface area (Å²) in [6, 6.07) is 11.2. The molecule has 2 aromatic rings. The topological polar surface area (TPSA) is 49.4 Å². The Hall–Kier alpha value is -2.69. The van der Waals surface area contributed by atoms with E-state index in [1.807, 2.05) is 13.0 Å². The molecule has 1 aliphatic rings. The van der Waals surface area contributed by atoms with Gasteiger partial charge in [-0.15, -0.1) is 0 Å². The first kappa shape index (κ1) is 15.2. The van der Waals surface area contributed by atoms with E-state index in [1.54, 1.807) is 23.1 Å². The molecule has 0 aromatic heterocycles. The Balaban J connectivity index is 1.79. The summed E-state index contributed by atoms with van der Waals surface area (Å²) in [6.45, 7) is 2.61. The summed E-state index contributed by atoms with van der Waals surface area (Å²) in [4.78, 5) is 25.7. The highest BCUT2D eigenvalue weighted by Crippen LogP contribution is 2.27. The van der Waals surface area contributed by atoms with E-state index >= 15 is 0 Å². The molecule has 1 aliphatic heterocycles. The van der Waals surface area contributed by atoms with Gasteiger partial charge in [0, 0.05) is 24.3 Å². The van der Waals surface area contributed by atoms with E-state index in [0.29, 0.717) is 12.1 Å². The maximum atomic E-state index is 13.6. The Morgan fingerprint density at radius 3 is 2.65 bits per heavy atom. The molecular weight excluding hydrogens is 295 g/mol. The van der Waals surface area contributed by atoms with Crippen LogP contribution in [0.4, 0.5) is 15.8 Å². The molecule has 0 aliphatic carbocycles. The van der Waals surface area contributed by atoms with E-state index < -0.39 is 11.7 Å². The lowest BCUT2D eigenvalue weighted by Crippen LogP contribution is -2.24. The summed E-state index contributed by atoms with van der Waals surface area (Å²) in [6.07, 6.45) is 1.44. The average Bonchev–Trinajstić information content (AvgIpc) is 2.94. The second-order valence-electron chi connectivity index (χ2n) is 5.58. The van der Waals surface area contributed by atoms with Gasteiger partial charge in [0.15, 0.2) is 0 Å². The van der Waals surface area contributed by atoms with Gasteiger partial charge in [-0.2, -0.15) is 0 Å². The molecule has 0 atom stereocenters. The Kier molecular flexibility index (Phi) is 4.10. The fourth-order valence-electron chi connectivity index (χ4n) is 2.78. The van der Waals surface area contributed by atoms with E-state index in [0.717, 1.165) is 24.2 Å². The lowest BCUT2D eigenvalue weighted by molar-refractivity contribution is -0.117. The van der Waals surface area contributed by atoms with Gasteiger partial charge in [0.2, 0.25) is 5.91 Å². The molecule has 118 valence electrons. The van der Waals surface area contributed by atoms with Crippen molar-refractivity contribution in [3.05, 3.63) is 59.4 Å². The number of benzene rings is 2. The minimum Gasteiger partial charge on any atom is -0.322 e. The number of hydrogen-bond donors (Lipinski definition) is 1. The van der Waals surface area contributed by atoms with Crippen LogP contribution >= 0.6 is 0 Å². The van der Waals surface area contributed by atoms with Crippen LogP contribution in [0, 0.1) is 12.7 Å². The zero-order chi connectivity index (χ0) is 16.4. The number of anilines is 2. The Morgan fingerprint density at radius 1 is 1.22 bits per heavy atom. The number of amides is 2. The van der Waals surface area contributed by atoms with E-state index in [9.17, 15) is 14.0 Å². The van der Waals surface area contributed by atoms with Crippen LogP contribution in [0.25, 0.3) is 0 Å². The first-order chi connectivity index (χ1) is 11.1. The summed E-state index contributed by atoms with van der Waals surface area (Å²) >= 11 is 0. The molecule has 0 saturated carbocycles. The highest BCUT2D eigenvalue weighted by molar-refractivity contribution is 6.04. The van der Waals surface area contributed by atoms with Gasteiger partial charge in [-0.05, 0) is 49.2 Å². The second-order valence-corrected chi connectivity index (χ2v) is 5.58. The van der Waals surface area contributed by atoms with Crippen molar-refractivity contribution >= 4 is 23.2 Å². The van der Waals surface area contributed by atoms with Gasteiger partial charge in [-0.3, -0.25) is 9.59 Å². The smallest absolute Gasteiger partial charge is 0.258 e. The normalized spacial score (nSPS) is 14.2. The molecule has 0 spiro atoms. The molecule has 1 heterocycles. The minimum atomic E-state index is -0.555. The average molecular weight is 312 g/mol. The summed E-state index contributed by atoms with van der Waals surface area (Å²) in [5.74, 6) is -0.926. The molecule has 0 radical (unpaired) electrons. The molecule has 0 bridgehead atoms. The van der Waals surface area contributed by atoms with Crippen molar-refractivity contribution in [2.75, 3.05) is 16.8 Å². The predicted octanol–water partition coefficient (Wildman–Crippen LogP) is 3.51. The third-order valence-electron chi connectivity index (χ3n) is 3.94. The molecule has 1 fully saturated rings. The zero-order valence-corrected chi connectivity index (χ0v) is 12.8. The fourth-order valence-corrected chi connectivity index (χ4v) is 2.78. The standard InChI is InChI=1S/C18H17FN2O2/c1-12-11-13(8-9-16(12)21-10-4-7-17(21)22)20-18(23)14-5-2-3-6-15(14)19/h2-3,5-6,8-9,11H,4,7,10H2,1H3,(H,20,23). The van der Waals surface area contributed by atoms with Crippen LogP contribution < -0.4 is 10.2 Å². The monoisotopic (exact) mass is 312 g/mol. The maximum Gasteiger partial charge on any atom is 0.258 e. The number of nitrogens with zero attached hydrogens (tertiary/aromatic N) is 1. The van der Waals surface area contributed by atoms with Gasteiger partial charge >= 0.3 is 0 Å². The van der Waals surface area contributed by atoms with E-state index in [-0.39, 0.29) is 11.5 Å². The summed E-state index contributed by atoms with van der Waals surface area (Å²) in [7, 11) is 0. The van der Waals surface area contributed by atoms with Crippen molar-refractivity contribution in [2.45, 2.75) is 19.8 Å². The molecule has 1 N–H and O–H groups in total. The van der Waals surface area contributed by atoms with Crippen molar-refractivity contribution in [2.24, 2.45) is 0 Å². The van der Waals surface area contributed by atoms with Crippen LogP contribution in [-0.4, -0.2) is 18.4 Å². The van der Waals surface area contributed by atoms with Gasteiger partial charge in [0.05, 0.1) is 5.56 Å². The molecule has 2 aromatic carbocycles. The largest absolute Gasteiger partial charge is 0.322 e. The second kappa shape index (κ2) is 6.20. The first-order valence-electron chi connectivity index (χ1n) is 7.53. The van der Waals surface area contributed by atoms with Gasteiger partial charge < -0.3 is 10.2 Å². The minimum absolute atomic E-state index is 0.00366. The van der Waals surface area contributed by atoms with Crippen LogP contribution in [0.15, 0.2) is 42.5 Å².